The quantitative estimate of drug-likeness (QED) is 0.189. The molecule has 5 saturated carbocycles. The largest absolute Gasteiger partial charge is 0.469 e. The summed E-state index contributed by atoms with van der Waals surface area (Å²) in [6.07, 6.45) is 11.7. The van der Waals surface area contributed by atoms with Gasteiger partial charge in [0.25, 0.3) is 0 Å². The van der Waals surface area contributed by atoms with Gasteiger partial charge in [-0.2, -0.15) is 0 Å². The van der Waals surface area contributed by atoms with Gasteiger partial charge in [0.2, 0.25) is 0 Å². The van der Waals surface area contributed by atoms with E-state index in [9.17, 15) is 9.59 Å². The standard InChI is InChI=1S/C38H51BrO3/c1-23(2)27-15-18-38(33(41)42-8)20-19-36(6)28(31(27)38)13-14-30-35(5)22-25(21-24-9-11-26(39)12-10-24)32(40)34(3,4)29(35)16-17-37(30,36)7/h9-12,21,27-31H,1,13-20,22H2,2-8H3/b25-21+/t27-,28-,29-,30+,31-,35+,36-,37+,38-/m1/s1. The lowest BCUT2D eigenvalue weighted by Gasteiger charge is -2.72. The number of hydrogen-bond donors (Lipinski definition) is 0. The highest BCUT2D eigenvalue weighted by atomic mass is 79.9. The van der Waals surface area contributed by atoms with E-state index in [-0.39, 0.29) is 33.0 Å². The molecule has 0 radical (unpaired) electrons. The monoisotopic (exact) mass is 634 g/mol. The summed E-state index contributed by atoms with van der Waals surface area (Å²) < 4.78 is 6.60. The summed E-state index contributed by atoms with van der Waals surface area (Å²) in [6, 6.07) is 8.35. The number of methoxy groups -OCH3 is 1. The van der Waals surface area contributed by atoms with Crippen molar-refractivity contribution in [2.75, 3.05) is 7.11 Å². The fourth-order valence-electron chi connectivity index (χ4n) is 12.4. The van der Waals surface area contributed by atoms with E-state index in [1.54, 1.807) is 7.11 Å². The van der Waals surface area contributed by atoms with Crippen LogP contribution in [0.1, 0.15) is 105 Å². The number of benzene rings is 1. The van der Waals surface area contributed by atoms with Crippen LogP contribution in [0, 0.1) is 56.7 Å². The van der Waals surface area contributed by atoms with Crippen LogP contribution < -0.4 is 0 Å². The Morgan fingerprint density at radius 3 is 2.26 bits per heavy atom. The number of esters is 1. The van der Waals surface area contributed by atoms with Gasteiger partial charge in [-0.1, -0.05) is 74.8 Å². The maximum absolute atomic E-state index is 14.1. The molecule has 0 saturated heterocycles. The van der Waals surface area contributed by atoms with E-state index in [0.717, 1.165) is 60.6 Å². The molecule has 5 aliphatic carbocycles. The van der Waals surface area contributed by atoms with E-state index in [1.165, 1.54) is 18.4 Å². The Morgan fingerprint density at radius 2 is 1.62 bits per heavy atom. The Balaban J connectivity index is 1.41. The molecule has 4 heteroatoms. The summed E-state index contributed by atoms with van der Waals surface area (Å²) in [5.74, 6) is 2.50. The first-order valence-electron chi connectivity index (χ1n) is 16.4. The normalized spacial score (nSPS) is 44.9. The van der Waals surface area contributed by atoms with Gasteiger partial charge in [-0.25, -0.2) is 0 Å². The first kappa shape index (κ1) is 30.4. The summed E-state index contributed by atoms with van der Waals surface area (Å²) in [4.78, 5) is 27.6. The predicted molar refractivity (Wildman–Crippen MR) is 173 cm³/mol. The highest BCUT2D eigenvalue weighted by Gasteiger charge is 2.72. The lowest BCUT2D eigenvalue weighted by molar-refractivity contribution is -0.232. The minimum atomic E-state index is -0.379. The average Bonchev–Trinajstić information content (AvgIpc) is 3.34. The fraction of sp³-hybridized carbons (Fsp3) is 0.684. The molecular formula is C38H51BrO3. The lowest BCUT2D eigenvalue weighted by Crippen LogP contribution is -2.67. The second kappa shape index (κ2) is 9.91. The van der Waals surface area contributed by atoms with E-state index in [4.69, 9.17) is 4.74 Å². The molecule has 0 spiro atoms. The number of allylic oxidation sites excluding steroid dienone is 2. The molecule has 0 amide bonds. The summed E-state index contributed by atoms with van der Waals surface area (Å²) in [5.41, 5.74) is 2.98. The summed E-state index contributed by atoms with van der Waals surface area (Å²) in [7, 11) is 1.59. The second-order valence-electron chi connectivity index (χ2n) is 16.3. The molecule has 6 rings (SSSR count). The zero-order valence-corrected chi connectivity index (χ0v) is 28.5. The number of hydrogen-bond acceptors (Lipinski definition) is 3. The molecule has 42 heavy (non-hydrogen) atoms. The molecule has 5 aliphatic rings. The Labute approximate surface area is 262 Å². The van der Waals surface area contributed by atoms with Gasteiger partial charge < -0.3 is 4.74 Å². The van der Waals surface area contributed by atoms with Crippen LogP contribution in [0.2, 0.25) is 0 Å². The Bertz CT molecular complexity index is 1340. The lowest BCUT2D eigenvalue weighted by atomic mass is 9.32. The third kappa shape index (κ3) is 3.94. The van der Waals surface area contributed by atoms with Gasteiger partial charge >= 0.3 is 5.97 Å². The minimum absolute atomic E-state index is 0.0245. The summed E-state index contributed by atoms with van der Waals surface area (Å²) in [5, 5.41) is 0. The molecule has 0 heterocycles. The van der Waals surface area contributed by atoms with Crippen LogP contribution in [0.3, 0.4) is 0 Å². The third-order valence-electron chi connectivity index (χ3n) is 14.5. The summed E-state index contributed by atoms with van der Waals surface area (Å²) in [6.45, 7) is 18.8. The van der Waals surface area contributed by atoms with Crippen molar-refractivity contribution in [3.63, 3.8) is 0 Å². The number of Topliss-reactive ketones (excluding diaryl/α,β-unsaturated/α-hetero) is 1. The molecule has 228 valence electrons. The Morgan fingerprint density at radius 1 is 0.929 bits per heavy atom. The van der Waals surface area contributed by atoms with Crippen molar-refractivity contribution in [3.05, 3.63) is 52.0 Å². The number of rotatable bonds is 3. The average molecular weight is 636 g/mol. The molecule has 3 nitrogen and oxygen atoms in total. The molecule has 1 aromatic rings. The number of carbonyl (C=O) groups excluding carboxylic acids is 2. The smallest absolute Gasteiger partial charge is 0.312 e. The maximum Gasteiger partial charge on any atom is 0.312 e. The van der Waals surface area contributed by atoms with Crippen molar-refractivity contribution in [1.82, 2.24) is 0 Å². The van der Waals surface area contributed by atoms with Crippen LogP contribution in [-0.4, -0.2) is 18.9 Å². The van der Waals surface area contributed by atoms with Crippen molar-refractivity contribution >= 4 is 33.8 Å². The Kier molecular flexibility index (Phi) is 7.16. The van der Waals surface area contributed by atoms with Crippen LogP contribution in [0.25, 0.3) is 6.08 Å². The molecule has 1 aromatic carbocycles. The molecule has 5 fully saturated rings. The van der Waals surface area contributed by atoms with Gasteiger partial charge in [-0.3, -0.25) is 9.59 Å². The molecule has 0 aromatic heterocycles. The van der Waals surface area contributed by atoms with Gasteiger partial charge in [-0.05, 0) is 140 Å². The minimum Gasteiger partial charge on any atom is -0.469 e. The van der Waals surface area contributed by atoms with Gasteiger partial charge in [0.1, 0.15) is 0 Å². The van der Waals surface area contributed by atoms with Gasteiger partial charge in [0, 0.05) is 9.89 Å². The number of ketones is 1. The third-order valence-corrected chi connectivity index (χ3v) is 15.0. The highest BCUT2D eigenvalue weighted by Crippen LogP contribution is 2.77. The zero-order chi connectivity index (χ0) is 30.5. The van der Waals surface area contributed by atoms with Crippen molar-refractivity contribution in [1.29, 1.82) is 0 Å². The van der Waals surface area contributed by atoms with Gasteiger partial charge in [0.15, 0.2) is 5.78 Å². The first-order chi connectivity index (χ1) is 19.7. The number of fused-ring (bicyclic) bond motifs is 7. The molecular weight excluding hydrogens is 584 g/mol. The Hall–Kier alpha value is -1.68. The fourth-order valence-corrected chi connectivity index (χ4v) is 12.7. The topological polar surface area (TPSA) is 43.4 Å². The van der Waals surface area contributed by atoms with E-state index < -0.39 is 0 Å². The maximum atomic E-state index is 14.1. The van der Waals surface area contributed by atoms with E-state index in [1.807, 2.05) is 0 Å². The molecule has 0 aliphatic heterocycles. The van der Waals surface area contributed by atoms with Crippen LogP contribution >= 0.6 is 15.9 Å². The van der Waals surface area contributed by atoms with Gasteiger partial charge in [-0.15, -0.1) is 0 Å². The predicted octanol–water partition coefficient (Wildman–Crippen LogP) is 9.84. The van der Waals surface area contributed by atoms with Crippen LogP contribution in [0.15, 0.2) is 46.5 Å². The zero-order valence-electron chi connectivity index (χ0n) is 26.9. The number of carbonyl (C=O) groups is 2. The van der Waals surface area contributed by atoms with Gasteiger partial charge in [0.05, 0.1) is 12.5 Å². The number of ether oxygens (including phenoxy) is 1. The van der Waals surface area contributed by atoms with Crippen LogP contribution in [0.4, 0.5) is 0 Å². The van der Waals surface area contributed by atoms with Crippen LogP contribution in [-0.2, 0) is 14.3 Å². The van der Waals surface area contributed by atoms with E-state index >= 15 is 0 Å². The highest BCUT2D eigenvalue weighted by molar-refractivity contribution is 9.10. The number of halogens is 1. The SMILES string of the molecule is C=C(C)[C@H]1CC[C@@]2(C(=O)OC)CC[C@]3(C)[C@H](CC[C@H]4[C@@]5(C)C/C(=C\c6ccc(Br)cc6)C(=O)C(C)(C)[C@H]5CC[C@@]43C)[C@@H]12. The van der Waals surface area contributed by atoms with Crippen molar-refractivity contribution in [2.24, 2.45) is 56.7 Å². The molecule has 0 unspecified atom stereocenters. The molecule has 9 atom stereocenters. The van der Waals surface area contributed by atoms with E-state index in [2.05, 4.69) is 94.4 Å². The van der Waals surface area contributed by atoms with Crippen molar-refractivity contribution < 1.29 is 14.3 Å². The molecule has 0 bridgehead atoms. The molecule has 0 N–H and O–H groups in total. The van der Waals surface area contributed by atoms with Crippen LogP contribution in [0.5, 0.6) is 0 Å². The summed E-state index contributed by atoms with van der Waals surface area (Å²) >= 11 is 3.56. The van der Waals surface area contributed by atoms with Crippen molar-refractivity contribution in [3.8, 4) is 0 Å². The van der Waals surface area contributed by atoms with E-state index in [0.29, 0.717) is 35.4 Å². The first-order valence-corrected chi connectivity index (χ1v) is 17.2. The second-order valence-corrected chi connectivity index (χ2v) is 17.2. The van der Waals surface area contributed by atoms with Crippen molar-refractivity contribution in [2.45, 2.75) is 99.3 Å².